The van der Waals surface area contributed by atoms with Gasteiger partial charge in [-0.1, -0.05) is 12.8 Å². The Morgan fingerprint density at radius 2 is 1.74 bits per heavy atom. The number of nitrogens with zero attached hydrogens (tertiary/aromatic N) is 2. The lowest BCUT2D eigenvalue weighted by Crippen LogP contribution is -2.51. The molecule has 2 fully saturated rings. The highest BCUT2D eigenvalue weighted by Gasteiger charge is 2.29. The lowest BCUT2D eigenvalue weighted by molar-refractivity contribution is 0.0570. The van der Waals surface area contributed by atoms with Gasteiger partial charge in [-0.15, -0.1) is 0 Å². The Balaban J connectivity index is 1.67. The monoisotopic (exact) mass is 318 g/mol. The quantitative estimate of drug-likeness (QED) is 0.855. The van der Waals surface area contributed by atoms with Crippen molar-refractivity contribution >= 4 is 5.91 Å². The first kappa shape index (κ1) is 16.1. The maximum Gasteiger partial charge on any atom is 0.257 e. The van der Waals surface area contributed by atoms with E-state index in [2.05, 4.69) is 4.90 Å². The molecule has 1 heterocycles. The number of carbonyl (C=O) groups is 1. The SMILES string of the molecule is COc1ccc(OC)c(C(=O)N2CCN(C3CCCC3)CC2)c1. The fraction of sp³-hybridized carbons (Fsp3) is 0.611. The zero-order chi connectivity index (χ0) is 16.2. The van der Waals surface area contributed by atoms with E-state index in [0.29, 0.717) is 17.1 Å². The van der Waals surface area contributed by atoms with Gasteiger partial charge in [-0.05, 0) is 31.0 Å². The van der Waals surface area contributed by atoms with E-state index in [-0.39, 0.29) is 5.91 Å². The fourth-order valence-electron chi connectivity index (χ4n) is 3.71. The predicted octanol–water partition coefficient (Wildman–Crippen LogP) is 2.40. The Morgan fingerprint density at radius 3 is 2.35 bits per heavy atom. The van der Waals surface area contributed by atoms with Crippen LogP contribution in [0.5, 0.6) is 11.5 Å². The molecular formula is C18H26N2O3. The van der Waals surface area contributed by atoms with Crippen molar-refractivity contribution in [2.24, 2.45) is 0 Å². The lowest BCUT2D eigenvalue weighted by Gasteiger charge is -2.38. The van der Waals surface area contributed by atoms with Crippen molar-refractivity contribution in [1.82, 2.24) is 9.80 Å². The minimum atomic E-state index is 0.0341. The Bertz CT molecular complexity index is 547. The molecule has 23 heavy (non-hydrogen) atoms. The second-order valence-electron chi connectivity index (χ2n) is 6.33. The van der Waals surface area contributed by atoms with Gasteiger partial charge < -0.3 is 14.4 Å². The molecule has 2 aliphatic rings. The number of methoxy groups -OCH3 is 2. The summed E-state index contributed by atoms with van der Waals surface area (Å²) in [4.78, 5) is 17.3. The van der Waals surface area contributed by atoms with E-state index in [9.17, 15) is 4.79 Å². The molecule has 0 unspecified atom stereocenters. The molecule has 1 aromatic rings. The summed E-state index contributed by atoms with van der Waals surface area (Å²) in [5.74, 6) is 1.32. The zero-order valence-electron chi connectivity index (χ0n) is 14.1. The number of ether oxygens (including phenoxy) is 2. The van der Waals surface area contributed by atoms with Gasteiger partial charge in [0.1, 0.15) is 11.5 Å². The molecule has 1 saturated carbocycles. The van der Waals surface area contributed by atoms with Crippen LogP contribution < -0.4 is 9.47 Å². The van der Waals surface area contributed by atoms with Crippen molar-refractivity contribution < 1.29 is 14.3 Å². The summed E-state index contributed by atoms with van der Waals surface area (Å²) in [7, 11) is 3.20. The number of amides is 1. The van der Waals surface area contributed by atoms with Crippen LogP contribution in [0.15, 0.2) is 18.2 Å². The van der Waals surface area contributed by atoms with Gasteiger partial charge >= 0.3 is 0 Å². The van der Waals surface area contributed by atoms with E-state index in [1.54, 1.807) is 26.4 Å². The Kier molecular flexibility index (Phi) is 5.06. The molecule has 1 amide bonds. The van der Waals surface area contributed by atoms with Crippen molar-refractivity contribution in [3.63, 3.8) is 0 Å². The highest BCUT2D eigenvalue weighted by molar-refractivity contribution is 5.97. The lowest BCUT2D eigenvalue weighted by atomic mass is 10.1. The summed E-state index contributed by atoms with van der Waals surface area (Å²) in [5.41, 5.74) is 0.584. The molecule has 1 aliphatic carbocycles. The van der Waals surface area contributed by atoms with Crippen LogP contribution in [0, 0.1) is 0 Å². The molecule has 0 spiro atoms. The summed E-state index contributed by atoms with van der Waals surface area (Å²) in [6, 6.07) is 6.11. The summed E-state index contributed by atoms with van der Waals surface area (Å²) in [6.45, 7) is 3.52. The van der Waals surface area contributed by atoms with Crippen molar-refractivity contribution in [2.75, 3.05) is 40.4 Å². The van der Waals surface area contributed by atoms with Crippen LogP contribution in [0.3, 0.4) is 0 Å². The number of rotatable bonds is 4. The topological polar surface area (TPSA) is 42.0 Å². The third kappa shape index (κ3) is 3.44. The minimum absolute atomic E-state index is 0.0341. The first-order valence-corrected chi connectivity index (χ1v) is 8.48. The predicted molar refractivity (Wildman–Crippen MR) is 89.3 cm³/mol. The summed E-state index contributed by atoms with van der Waals surface area (Å²) < 4.78 is 10.6. The number of hydrogen-bond acceptors (Lipinski definition) is 4. The molecule has 0 radical (unpaired) electrons. The van der Waals surface area contributed by atoms with Crippen molar-refractivity contribution in [3.05, 3.63) is 23.8 Å². The maximum atomic E-state index is 12.8. The van der Waals surface area contributed by atoms with Crippen LogP contribution >= 0.6 is 0 Å². The first-order valence-electron chi connectivity index (χ1n) is 8.48. The molecule has 5 heteroatoms. The summed E-state index contributed by atoms with van der Waals surface area (Å²) >= 11 is 0. The van der Waals surface area contributed by atoms with Crippen LogP contribution in [0.1, 0.15) is 36.0 Å². The van der Waals surface area contributed by atoms with Gasteiger partial charge in [-0.25, -0.2) is 0 Å². The average Bonchev–Trinajstić information content (AvgIpc) is 3.15. The molecule has 1 aliphatic heterocycles. The molecule has 0 atom stereocenters. The minimum Gasteiger partial charge on any atom is -0.497 e. The van der Waals surface area contributed by atoms with Crippen LogP contribution in [0.2, 0.25) is 0 Å². The summed E-state index contributed by atoms with van der Waals surface area (Å²) in [5, 5.41) is 0. The van der Waals surface area contributed by atoms with E-state index in [0.717, 1.165) is 32.2 Å². The molecule has 126 valence electrons. The first-order chi connectivity index (χ1) is 11.2. The largest absolute Gasteiger partial charge is 0.497 e. The van der Waals surface area contributed by atoms with Gasteiger partial charge in [-0.2, -0.15) is 0 Å². The molecule has 1 aromatic carbocycles. The van der Waals surface area contributed by atoms with Gasteiger partial charge in [0.15, 0.2) is 0 Å². The normalized spacial score (nSPS) is 19.8. The summed E-state index contributed by atoms with van der Waals surface area (Å²) in [6.07, 6.45) is 5.34. The molecule has 0 N–H and O–H groups in total. The van der Waals surface area contributed by atoms with Gasteiger partial charge in [0, 0.05) is 32.2 Å². The van der Waals surface area contributed by atoms with Crippen LogP contribution in [-0.4, -0.2) is 62.1 Å². The number of piperazine rings is 1. The second-order valence-corrected chi connectivity index (χ2v) is 6.33. The molecular weight excluding hydrogens is 292 g/mol. The third-order valence-corrected chi connectivity index (χ3v) is 5.08. The molecule has 0 bridgehead atoms. The molecule has 1 saturated heterocycles. The van der Waals surface area contributed by atoms with E-state index in [1.807, 2.05) is 11.0 Å². The smallest absolute Gasteiger partial charge is 0.257 e. The maximum absolute atomic E-state index is 12.8. The van der Waals surface area contributed by atoms with E-state index in [1.165, 1.54) is 25.7 Å². The Morgan fingerprint density at radius 1 is 1.04 bits per heavy atom. The van der Waals surface area contributed by atoms with Crippen LogP contribution in [0.25, 0.3) is 0 Å². The number of benzene rings is 1. The number of hydrogen-bond donors (Lipinski definition) is 0. The second kappa shape index (κ2) is 7.21. The molecule has 0 aromatic heterocycles. The third-order valence-electron chi connectivity index (χ3n) is 5.08. The van der Waals surface area contributed by atoms with E-state index < -0.39 is 0 Å². The number of carbonyl (C=O) groups excluding carboxylic acids is 1. The van der Waals surface area contributed by atoms with Crippen molar-refractivity contribution in [2.45, 2.75) is 31.7 Å². The van der Waals surface area contributed by atoms with Crippen molar-refractivity contribution in [1.29, 1.82) is 0 Å². The van der Waals surface area contributed by atoms with Gasteiger partial charge in [0.25, 0.3) is 5.91 Å². The van der Waals surface area contributed by atoms with Gasteiger partial charge in [0.2, 0.25) is 0 Å². The highest BCUT2D eigenvalue weighted by atomic mass is 16.5. The standard InChI is InChI=1S/C18H26N2O3/c1-22-15-7-8-17(23-2)16(13-15)18(21)20-11-9-19(10-12-20)14-5-3-4-6-14/h7-8,13-14H,3-6,9-12H2,1-2H3. The van der Waals surface area contributed by atoms with Gasteiger partial charge in [-0.3, -0.25) is 9.69 Å². The Hall–Kier alpha value is -1.75. The van der Waals surface area contributed by atoms with E-state index in [4.69, 9.17) is 9.47 Å². The van der Waals surface area contributed by atoms with Gasteiger partial charge in [0.05, 0.1) is 19.8 Å². The van der Waals surface area contributed by atoms with Crippen LogP contribution in [-0.2, 0) is 0 Å². The molecule has 3 rings (SSSR count). The fourth-order valence-corrected chi connectivity index (χ4v) is 3.71. The van der Waals surface area contributed by atoms with Crippen molar-refractivity contribution in [3.8, 4) is 11.5 Å². The highest BCUT2D eigenvalue weighted by Crippen LogP contribution is 2.27. The zero-order valence-corrected chi connectivity index (χ0v) is 14.1. The molecule has 5 nitrogen and oxygen atoms in total. The Labute approximate surface area is 138 Å². The van der Waals surface area contributed by atoms with Crippen LogP contribution in [0.4, 0.5) is 0 Å². The average molecular weight is 318 g/mol. The van der Waals surface area contributed by atoms with E-state index >= 15 is 0 Å².